The Morgan fingerprint density at radius 2 is 1.72 bits per heavy atom. The van der Waals surface area contributed by atoms with Crippen LogP contribution in [0.15, 0.2) is 33.3 Å². The average Bonchev–Trinajstić information content (AvgIpc) is 3.03. The number of aryl methyl sites for hydroxylation is 3. The van der Waals surface area contributed by atoms with Crippen molar-refractivity contribution < 1.29 is 9.59 Å². The Balaban J connectivity index is 0.00000148. The number of hydrogen-bond acceptors (Lipinski definition) is 3. The first-order chi connectivity index (χ1) is 17.4. The van der Waals surface area contributed by atoms with Crippen molar-refractivity contribution in [3.05, 3.63) is 61.3 Å². The number of piperidine rings is 1. The van der Waals surface area contributed by atoms with Crippen LogP contribution < -0.4 is 0 Å². The van der Waals surface area contributed by atoms with E-state index >= 15 is 0 Å². The van der Waals surface area contributed by atoms with Crippen LogP contribution in [-0.4, -0.2) is 34.7 Å². The monoisotopic (exact) mass is 616 g/mol. The number of pyridine rings is 1. The van der Waals surface area contributed by atoms with Crippen LogP contribution in [0.5, 0.6) is 0 Å². The van der Waals surface area contributed by atoms with Crippen molar-refractivity contribution >= 4 is 43.6 Å². The minimum absolute atomic E-state index is 0.0542. The molecule has 2 unspecified atom stereocenters. The summed E-state index contributed by atoms with van der Waals surface area (Å²) in [6, 6.07) is 6.81. The molecule has 194 valence electrons. The molecule has 2 aliphatic carbocycles. The van der Waals surface area contributed by atoms with Gasteiger partial charge in [-0.15, -0.1) is 0 Å². The summed E-state index contributed by atoms with van der Waals surface area (Å²) in [7, 11) is 0. The van der Waals surface area contributed by atoms with E-state index in [0.29, 0.717) is 24.5 Å². The first kappa shape index (κ1) is 27.5. The summed E-state index contributed by atoms with van der Waals surface area (Å²) in [6.07, 6.45) is 9.86. The van der Waals surface area contributed by atoms with Crippen LogP contribution in [0, 0.1) is 18.8 Å². The van der Waals surface area contributed by atoms with E-state index in [-0.39, 0.29) is 17.7 Å². The van der Waals surface area contributed by atoms with Gasteiger partial charge >= 0.3 is 0 Å². The largest absolute Gasteiger partial charge is 0.343 e. The van der Waals surface area contributed by atoms with Gasteiger partial charge in [0.2, 0.25) is 5.91 Å². The lowest BCUT2D eigenvalue weighted by molar-refractivity contribution is -0.137. The third-order valence-electron chi connectivity index (χ3n) is 8.06. The number of halogens is 2. The van der Waals surface area contributed by atoms with Crippen molar-refractivity contribution in [1.82, 2.24) is 9.88 Å². The van der Waals surface area contributed by atoms with Crippen LogP contribution in [0.3, 0.4) is 0 Å². The fourth-order valence-electron chi connectivity index (χ4n) is 6.31. The Labute approximate surface area is 232 Å². The number of fused-ring (bicyclic) bond motifs is 2. The quantitative estimate of drug-likeness (QED) is 0.357. The minimum atomic E-state index is -0.0542. The number of carbonyl (C=O) groups excluding carboxylic acids is 2. The number of amides is 1. The zero-order valence-corrected chi connectivity index (χ0v) is 25.0. The maximum Gasteiger partial charge on any atom is 0.223 e. The predicted molar refractivity (Wildman–Crippen MR) is 152 cm³/mol. The van der Waals surface area contributed by atoms with E-state index in [0.717, 1.165) is 62.5 Å². The maximum atomic E-state index is 13.0. The van der Waals surface area contributed by atoms with Gasteiger partial charge in [-0.2, -0.15) is 0 Å². The number of benzene rings is 1. The number of rotatable bonds is 3. The average molecular weight is 618 g/mol. The third kappa shape index (κ3) is 5.96. The van der Waals surface area contributed by atoms with Gasteiger partial charge < -0.3 is 4.90 Å². The summed E-state index contributed by atoms with van der Waals surface area (Å²) in [5, 5.41) is 0. The number of hydrogen-bond donors (Lipinski definition) is 0. The molecule has 36 heavy (non-hydrogen) atoms. The van der Waals surface area contributed by atoms with Gasteiger partial charge in [0.15, 0.2) is 0 Å². The molecule has 1 amide bonds. The van der Waals surface area contributed by atoms with E-state index in [9.17, 15) is 9.59 Å². The zero-order valence-electron chi connectivity index (χ0n) is 21.8. The maximum absolute atomic E-state index is 13.0. The standard InChI is InChI=1S/C28H32Br2N2O2.C2H6/c1-17-12-20-6-7-21-14-22(29)16-31-28(21)27(26(20)23(30)13-17)18-8-10-32(11-9-18)25(34)15-19-4-2-3-5-24(19)33;1-2/h12-14,16,18-19,27H,2-11,15H2,1H3;1-2H3. The highest BCUT2D eigenvalue weighted by Gasteiger charge is 2.37. The number of nitrogens with zero attached hydrogens (tertiary/aromatic N) is 2. The molecule has 4 nitrogen and oxygen atoms in total. The molecule has 1 aromatic carbocycles. The normalized spacial score (nSPS) is 22.1. The molecule has 1 saturated carbocycles. The summed E-state index contributed by atoms with van der Waals surface area (Å²) in [5.74, 6) is 1.07. The molecule has 2 aromatic rings. The fraction of sp³-hybridized carbons (Fsp3) is 0.567. The van der Waals surface area contributed by atoms with Gasteiger partial charge in [0.25, 0.3) is 0 Å². The van der Waals surface area contributed by atoms with Crippen molar-refractivity contribution in [3.8, 4) is 0 Å². The van der Waals surface area contributed by atoms with E-state index in [1.54, 1.807) is 0 Å². The lowest BCUT2D eigenvalue weighted by atomic mass is 9.76. The summed E-state index contributed by atoms with van der Waals surface area (Å²) >= 11 is 7.53. The fourth-order valence-corrected chi connectivity index (χ4v) is 7.55. The second kappa shape index (κ2) is 12.3. The van der Waals surface area contributed by atoms with Crippen molar-refractivity contribution in [2.75, 3.05) is 13.1 Å². The number of Topliss-reactive ketones (excluding diaryl/α,β-unsaturated/α-hetero) is 1. The zero-order chi connectivity index (χ0) is 25.8. The first-order valence-corrected chi connectivity index (χ1v) is 15.2. The number of aromatic nitrogens is 1. The summed E-state index contributed by atoms with van der Waals surface area (Å²) in [6.45, 7) is 7.70. The Hall–Kier alpha value is -1.53. The molecule has 6 heteroatoms. The molecule has 0 N–H and O–H groups in total. The van der Waals surface area contributed by atoms with E-state index < -0.39 is 0 Å². The van der Waals surface area contributed by atoms with Crippen molar-refractivity contribution in [2.45, 2.75) is 84.5 Å². The van der Waals surface area contributed by atoms with E-state index in [1.165, 1.54) is 32.4 Å². The summed E-state index contributed by atoms with van der Waals surface area (Å²) in [5.41, 5.74) is 6.61. The molecule has 0 bridgehead atoms. The topological polar surface area (TPSA) is 50.3 Å². The van der Waals surface area contributed by atoms with Crippen molar-refractivity contribution in [1.29, 1.82) is 0 Å². The predicted octanol–water partition coefficient (Wildman–Crippen LogP) is 7.56. The molecular formula is C30H38Br2N2O2. The highest BCUT2D eigenvalue weighted by atomic mass is 79.9. The van der Waals surface area contributed by atoms with Gasteiger partial charge in [-0.25, -0.2) is 0 Å². The first-order valence-electron chi connectivity index (χ1n) is 13.6. The van der Waals surface area contributed by atoms with Crippen LogP contribution in [0.2, 0.25) is 0 Å². The molecule has 0 spiro atoms. The van der Waals surface area contributed by atoms with Gasteiger partial charge in [-0.05, 0) is 102 Å². The van der Waals surface area contributed by atoms with E-state index in [2.05, 4.69) is 57.0 Å². The Morgan fingerprint density at radius 3 is 2.44 bits per heavy atom. The van der Waals surface area contributed by atoms with Crippen molar-refractivity contribution in [2.24, 2.45) is 11.8 Å². The van der Waals surface area contributed by atoms with Crippen LogP contribution in [0.1, 0.15) is 92.7 Å². The molecule has 1 aliphatic heterocycles. The van der Waals surface area contributed by atoms with Crippen molar-refractivity contribution in [3.63, 3.8) is 0 Å². The van der Waals surface area contributed by atoms with Gasteiger partial charge in [0.05, 0.1) is 5.69 Å². The van der Waals surface area contributed by atoms with Crippen LogP contribution in [0.25, 0.3) is 0 Å². The lowest BCUT2D eigenvalue weighted by Gasteiger charge is -2.37. The molecule has 5 rings (SSSR count). The number of carbonyl (C=O) groups is 2. The van der Waals surface area contributed by atoms with Gasteiger partial charge in [0.1, 0.15) is 5.78 Å². The second-order valence-electron chi connectivity index (χ2n) is 10.3. The Morgan fingerprint density at radius 1 is 1.00 bits per heavy atom. The highest BCUT2D eigenvalue weighted by Crippen LogP contribution is 2.45. The smallest absolute Gasteiger partial charge is 0.223 e. The third-order valence-corrected chi connectivity index (χ3v) is 9.15. The van der Waals surface area contributed by atoms with Crippen LogP contribution >= 0.6 is 31.9 Å². The second-order valence-corrected chi connectivity index (χ2v) is 12.1. The van der Waals surface area contributed by atoms with Crippen LogP contribution in [0.4, 0.5) is 0 Å². The molecule has 3 aliphatic rings. The summed E-state index contributed by atoms with van der Waals surface area (Å²) in [4.78, 5) is 32.2. The molecule has 0 radical (unpaired) electrons. The summed E-state index contributed by atoms with van der Waals surface area (Å²) < 4.78 is 2.21. The highest BCUT2D eigenvalue weighted by molar-refractivity contribution is 9.10. The van der Waals surface area contributed by atoms with Gasteiger partial charge in [-0.3, -0.25) is 14.6 Å². The van der Waals surface area contributed by atoms with Gasteiger partial charge in [0, 0.05) is 52.9 Å². The molecule has 2 atom stereocenters. The van der Waals surface area contributed by atoms with E-state index in [1.807, 2.05) is 24.9 Å². The van der Waals surface area contributed by atoms with Gasteiger partial charge in [-0.1, -0.05) is 42.3 Å². The molecule has 2 fully saturated rings. The molecule has 2 heterocycles. The van der Waals surface area contributed by atoms with Crippen LogP contribution in [-0.2, 0) is 22.4 Å². The Kier molecular flexibility index (Phi) is 9.43. The minimum Gasteiger partial charge on any atom is -0.343 e. The molecular weight excluding hydrogens is 580 g/mol. The molecule has 1 aromatic heterocycles. The lowest BCUT2D eigenvalue weighted by Crippen LogP contribution is -2.41. The SMILES string of the molecule is CC.Cc1cc(Br)c2c(c1)CCc1cc(Br)cnc1C2C1CCN(C(=O)CC2CCCCC2=O)CC1. The molecule has 1 saturated heterocycles. The number of likely N-dealkylation sites (tertiary alicyclic amines) is 1. The number of ketones is 1. The Bertz CT molecular complexity index is 1110. The van der Waals surface area contributed by atoms with E-state index in [4.69, 9.17) is 4.98 Å².